The van der Waals surface area contributed by atoms with E-state index < -0.39 is 29.4 Å². The zero-order chi connectivity index (χ0) is 19.8. The van der Waals surface area contributed by atoms with Crippen LogP contribution in [0.3, 0.4) is 0 Å². The van der Waals surface area contributed by atoms with Gasteiger partial charge in [0.05, 0.1) is 6.63 Å². The summed E-state index contributed by atoms with van der Waals surface area (Å²) in [4.78, 5) is 15.4. The first-order chi connectivity index (χ1) is 11.0. The second-order valence-electron chi connectivity index (χ2n) is 11.5. The van der Waals surface area contributed by atoms with Crippen LogP contribution in [0.4, 0.5) is 0 Å². The van der Waals surface area contributed by atoms with Crippen LogP contribution in [0, 0.1) is 5.92 Å². The quantitative estimate of drug-likeness (QED) is 0.420. The highest BCUT2D eigenvalue weighted by Crippen LogP contribution is 2.39. The summed E-state index contributed by atoms with van der Waals surface area (Å²) < 4.78 is 0. The monoisotopic (exact) mass is 413 g/mol. The van der Waals surface area contributed by atoms with Crippen LogP contribution in [-0.2, 0) is 4.79 Å². The predicted octanol–water partition coefficient (Wildman–Crippen LogP) is 5.43. The Balaban J connectivity index is 3.52. The van der Waals surface area contributed by atoms with E-state index in [1.807, 2.05) is 0 Å². The van der Waals surface area contributed by atoms with E-state index in [1.165, 1.54) is 5.57 Å². The molecule has 0 aromatic rings. The zero-order valence-corrected chi connectivity index (χ0v) is 22.8. The number of hydrogen-bond acceptors (Lipinski definition) is 1. The Kier molecular flexibility index (Phi) is 7.03. The second kappa shape index (κ2) is 7.60. The first kappa shape index (κ1) is 23.1. The second-order valence-corrected chi connectivity index (χ2v) is 52.0. The molecule has 1 saturated heterocycles. The van der Waals surface area contributed by atoms with E-state index in [-0.39, 0.29) is 0 Å². The average Bonchev–Trinajstić information content (AvgIpc) is 2.34. The summed E-state index contributed by atoms with van der Waals surface area (Å²) >= 11 is 0. The number of piperidine rings is 1. The highest BCUT2D eigenvalue weighted by Gasteiger charge is 2.60. The zero-order valence-electron chi connectivity index (χ0n) is 18.8. The highest BCUT2D eigenvalue weighted by molar-refractivity contribution is 7.90. The molecule has 0 aromatic carbocycles. The number of hydrogen-bond donors (Lipinski definition) is 0. The maximum absolute atomic E-state index is 13.2. The third-order valence-corrected chi connectivity index (χ3v) is 76.9. The number of nitrogens with zero attached hydrogens (tertiary/aromatic N) is 1. The molecule has 1 rings (SSSR count). The third kappa shape index (κ3) is 4.68. The fraction of sp³-hybridized carbons (Fsp3) is 0.842. The minimum absolute atomic E-state index is 0.367. The molecule has 25 heavy (non-hydrogen) atoms. The lowest BCUT2D eigenvalue weighted by atomic mass is 10.0. The van der Waals surface area contributed by atoms with Gasteiger partial charge in [0.1, 0.15) is 0 Å². The van der Waals surface area contributed by atoms with Crippen molar-refractivity contribution in [2.75, 3.05) is 13.1 Å². The summed E-state index contributed by atoms with van der Waals surface area (Å²) in [5.74, 6) is 0.919. The Hall–Kier alpha value is 0.0775. The van der Waals surface area contributed by atoms with Gasteiger partial charge < -0.3 is 4.90 Å². The fourth-order valence-electron chi connectivity index (χ4n) is 5.91. The van der Waals surface area contributed by atoms with Crippen molar-refractivity contribution in [2.45, 2.75) is 85.6 Å². The molecule has 0 aromatic heterocycles. The van der Waals surface area contributed by atoms with Gasteiger partial charge in [-0.05, 0) is 18.8 Å². The number of carbonyl (C=O) groups is 1. The molecule has 0 saturated carbocycles. The van der Waals surface area contributed by atoms with Crippen LogP contribution in [0.15, 0.2) is 11.3 Å². The van der Waals surface area contributed by atoms with Gasteiger partial charge in [0.2, 0.25) is 5.91 Å². The minimum atomic E-state index is -1.59. The first-order valence-electron chi connectivity index (χ1n) is 10.1. The minimum Gasteiger partial charge on any atom is -0.339 e. The van der Waals surface area contributed by atoms with E-state index >= 15 is 0 Å². The lowest BCUT2D eigenvalue weighted by Gasteiger charge is -2.56. The summed E-state index contributed by atoms with van der Waals surface area (Å²) in [5.41, 5.74) is 3.91. The van der Waals surface area contributed by atoms with Crippen LogP contribution in [0.5, 0.6) is 0 Å². The van der Waals surface area contributed by atoms with Gasteiger partial charge in [0.15, 0.2) is 0 Å². The smallest absolute Gasteiger partial charge is 0.249 e. The molecule has 0 radical (unpaired) electrons. The molecule has 0 aliphatic carbocycles. The van der Waals surface area contributed by atoms with E-state index in [0.717, 1.165) is 25.9 Å². The topological polar surface area (TPSA) is 20.3 Å². The molecule has 6 heteroatoms. The van der Waals surface area contributed by atoms with Gasteiger partial charge in [-0.15, -0.1) is 0 Å². The summed E-state index contributed by atoms with van der Waals surface area (Å²) in [6, 6.07) is 0. The molecule has 0 spiro atoms. The van der Waals surface area contributed by atoms with Crippen molar-refractivity contribution in [2.24, 2.45) is 5.92 Å². The molecule has 1 fully saturated rings. The third-order valence-electron chi connectivity index (χ3n) is 5.96. The molecule has 0 unspecified atom stereocenters. The average molecular weight is 414 g/mol. The van der Waals surface area contributed by atoms with Crippen molar-refractivity contribution >= 4 is 35.3 Å². The van der Waals surface area contributed by atoms with Crippen LogP contribution in [0.1, 0.15) is 26.7 Å². The van der Waals surface area contributed by atoms with Gasteiger partial charge >= 0.3 is 0 Å². The molecule has 0 N–H and O–H groups in total. The summed E-state index contributed by atoms with van der Waals surface area (Å²) in [6.45, 7) is 28.1. The van der Waals surface area contributed by atoms with E-state index in [4.69, 9.17) is 0 Å². The van der Waals surface area contributed by atoms with E-state index in [2.05, 4.69) is 83.4 Å². The molecule has 0 bridgehead atoms. The lowest BCUT2D eigenvalue weighted by Crippen LogP contribution is -2.82. The summed E-state index contributed by atoms with van der Waals surface area (Å²) in [5, 5.41) is 0. The van der Waals surface area contributed by atoms with Crippen LogP contribution in [-0.4, -0.2) is 53.3 Å². The molecule has 146 valence electrons. The summed E-state index contributed by atoms with van der Waals surface area (Å²) in [7, 11) is -4.08. The van der Waals surface area contributed by atoms with Gasteiger partial charge in [-0.1, -0.05) is 78.5 Å². The van der Waals surface area contributed by atoms with Crippen molar-refractivity contribution in [1.29, 1.82) is 0 Å². The van der Waals surface area contributed by atoms with E-state index in [0.29, 0.717) is 11.8 Å². The number of likely N-dealkylation sites (tertiary alicyclic amines) is 1. The van der Waals surface area contributed by atoms with Crippen molar-refractivity contribution in [3.8, 4) is 0 Å². The highest BCUT2D eigenvalue weighted by atomic mass is 29.9. The standard InChI is InChI=1S/C19H43NOSi4/c1-17(2)15-20-14-12-13-18(19(20)21)16-25(22(3,4)5,23(6,7)8)24(9,10)11/h16-17H,12-15H2,1-11H3/b18-16+. The predicted molar refractivity (Wildman–Crippen MR) is 125 cm³/mol. The fourth-order valence-corrected chi connectivity index (χ4v) is 101. The lowest BCUT2D eigenvalue weighted by molar-refractivity contribution is -0.129. The van der Waals surface area contributed by atoms with Gasteiger partial charge in [-0.3, -0.25) is 4.79 Å². The molecule has 1 aliphatic rings. The van der Waals surface area contributed by atoms with Gasteiger partial charge in [0.25, 0.3) is 0 Å². The number of carbonyl (C=O) groups excluding carboxylic acids is 1. The van der Waals surface area contributed by atoms with Crippen molar-refractivity contribution in [3.63, 3.8) is 0 Å². The Morgan fingerprint density at radius 2 is 1.36 bits per heavy atom. The van der Waals surface area contributed by atoms with Crippen molar-refractivity contribution in [3.05, 3.63) is 11.3 Å². The van der Waals surface area contributed by atoms with Crippen LogP contribution in [0.25, 0.3) is 0 Å². The first-order valence-corrected chi connectivity index (χ1v) is 25.6. The Bertz CT molecular complexity index is 485. The van der Waals surface area contributed by atoms with E-state index in [1.54, 1.807) is 0 Å². The normalized spacial score (nSPS) is 19.9. The van der Waals surface area contributed by atoms with Crippen LogP contribution in [0.2, 0.25) is 58.9 Å². The SMILES string of the molecule is CC(C)CN1CCC/C(=C\[Si]([Si](C)(C)C)([Si](C)(C)C)[Si](C)(C)C)C1=O. The summed E-state index contributed by atoms with van der Waals surface area (Å²) in [6.07, 6.45) is 2.17. The van der Waals surface area contributed by atoms with Gasteiger partial charge in [0, 0.05) is 41.4 Å². The molecule has 1 heterocycles. The van der Waals surface area contributed by atoms with Crippen LogP contribution >= 0.6 is 0 Å². The maximum Gasteiger partial charge on any atom is 0.249 e. The Labute approximate surface area is 160 Å². The molecule has 1 aliphatic heterocycles. The Morgan fingerprint density at radius 3 is 1.72 bits per heavy atom. The Morgan fingerprint density at radius 1 is 0.920 bits per heavy atom. The van der Waals surface area contributed by atoms with Crippen molar-refractivity contribution < 1.29 is 4.79 Å². The number of amides is 1. The maximum atomic E-state index is 13.2. The molecule has 2 nitrogen and oxygen atoms in total. The largest absolute Gasteiger partial charge is 0.339 e. The number of rotatable bonds is 6. The molecular weight excluding hydrogens is 371 g/mol. The molecule has 0 atom stereocenters. The van der Waals surface area contributed by atoms with Gasteiger partial charge in [-0.25, -0.2) is 0 Å². The molecular formula is C19H43NOSi4. The van der Waals surface area contributed by atoms with E-state index in [9.17, 15) is 4.79 Å². The van der Waals surface area contributed by atoms with Gasteiger partial charge in [-0.2, -0.15) is 0 Å². The van der Waals surface area contributed by atoms with Crippen LogP contribution < -0.4 is 0 Å². The van der Waals surface area contributed by atoms with Crippen molar-refractivity contribution in [1.82, 2.24) is 4.90 Å². The molecule has 1 amide bonds.